The number of carbonyl (C=O) groups excluding carboxylic acids is 1. The molecule has 0 aliphatic heterocycles. The Morgan fingerprint density at radius 3 is 2.56 bits per heavy atom. The van der Waals surface area contributed by atoms with Crippen LogP contribution in [0.15, 0.2) is 24.3 Å². The van der Waals surface area contributed by atoms with E-state index in [0.29, 0.717) is 18.6 Å². The maximum Gasteiger partial charge on any atom is 0.150 e. The first kappa shape index (κ1) is 14.4. The van der Waals surface area contributed by atoms with E-state index in [1.807, 2.05) is 0 Å². The van der Waals surface area contributed by atoms with Crippen molar-refractivity contribution in [3.8, 4) is 5.75 Å². The zero-order chi connectivity index (χ0) is 13.2. The first-order valence-electron chi connectivity index (χ1n) is 6.50. The summed E-state index contributed by atoms with van der Waals surface area (Å²) in [7, 11) is 0. The molecule has 18 heavy (non-hydrogen) atoms. The van der Waals surface area contributed by atoms with E-state index in [1.54, 1.807) is 24.3 Å². The highest BCUT2D eigenvalue weighted by molar-refractivity contribution is 5.81. The number of benzene rings is 1. The third-order valence-electron chi connectivity index (χ3n) is 2.77. The first-order chi connectivity index (χ1) is 8.76. The molecule has 0 unspecified atom stereocenters. The second-order valence-corrected chi connectivity index (χ2v) is 4.35. The predicted molar refractivity (Wildman–Crippen MR) is 73.8 cm³/mol. The maximum absolute atomic E-state index is 10.5. The third-order valence-corrected chi connectivity index (χ3v) is 2.77. The van der Waals surface area contributed by atoms with Crippen molar-refractivity contribution < 1.29 is 9.53 Å². The van der Waals surface area contributed by atoms with Crippen LogP contribution in [0.2, 0.25) is 0 Å². The van der Waals surface area contributed by atoms with Gasteiger partial charge in [0.05, 0.1) is 6.61 Å². The smallest absolute Gasteiger partial charge is 0.150 e. The average Bonchev–Trinajstić information content (AvgIpc) is 2.40. The van der Waals surface area contributed by atoms with E-state index < -0.39 is 0 Å². The quantitative estimate of drug-likeness (QED) is 0.409. The molecule has 0 amide bonds. The summed E-state index contributed by atoms with van der Waals surface area (Å²) in [6.45, 7) is 2.70. The van der Waals surface area contributed by atoms with Crippen molar-refractivity contribution in [2.45, 2.75) is 39.0 Å². The fraction of sp³-hybridized carbons (Fsp3) is 0.467. The average molecular weight is 247 g/mol. The monoisotopic (exact) mass is 247 g/mol. The van der Waals surface area contributed by atoms with Crippen molar-refractivity contribution in [3.05, 3.63) is 29.8 Å². The lowest BCUT2D eigenvalue weighted by Crippen LogP contribution is -2.05. The van der Waals surface area contributed by atoms with Gasteiger partial charge in [0, 0.05) is 17.7 Å². The van der Waals surface area contributed by atoms with E-state index in [2.05, 4.69) is 6.92 Å². The molecule has 1 aromatic carbocycles. The highest BCUT2D eigenvalue weighted by atomic mass is 16.5. The minimum absolute atomic E-state index is 0.533. The molecule has 1 rings (SSSR count). The number of carbonyl (C=O) groups is 1. The molecule has 0 aliphatic rings. The molecular formula is C15H21NO2. The SMILES string of the molecule is CCCCCC(=N)CCOc1ccc(C=O)cc1. The summed E-state index contributed by atoms with van der Waals surface area (Å²) in [6, 6.07) is 7.03. The van der Waals surface area contributed by atoms with Crippen LogP contribution in [-0.2, 0) is 0 Å². The summed E-state index contributed by atoms with van der Waals surface area (Å²) in [4.78, 5) is 10.5. The molecule has 3 nitrogen and oxygen atoms in total. The van der Waals surface area contributed by atoms with Crippen LogP contribution >= 0.6 is 0 Å². The van der Waals surface area contributed by atoms with Gasteiger partial charge >= 0.3 is 0 Å². The normalized spacial score (nSPS) is 10.1. The number of aldehydes is 1. The van der Waals surface area contributed by atoms with E-state index in [4.69, 9.17) is 10.1 Å². The standard InChI is InChI=1S/C15H21NO2/c1-2-3-4-5-14(16)10-11-18-15-8-6-13(12-17)7-9-15/h6-9,12,16H,2-5,10-11H2,1H3. The first-order valence-corrected chi connectivity index (χ1v) is 6.50. The van der Waals surface area contributed by atoms with Crippen LogP contribution in [0.1, 0.15) is 49.4 Å². The van der Waals surface area contributed by atoms with Crippen LogP contribution in [-0.4, -0.2) is 18.6 Å². The lowest BCUT2D eigenvalue weighted by Gasteiger charge is -2.07. The van der Waals surface area contributed by atoms with Crippen molar-refractivity contribution in [1.82, 2.24) is 0 Å². The molecule has 0 atom stereocenters. The van der Waals surface area contributed by atoms with Gasteiger partial charge in [-0.2, -0.15) is 0 Å². The van der Waals surface area contributed by atoms with Crippen LogP contribution in [0.4, 0.5) is 0 Å². The van der Waals surface area contributed by atoms with Crippen molar-refractivity contribution >= 4 is 12.0 Å². The highest BCUT2D eigenvalue weighted by Gasteiger charge is 1.99. The van der Waals surface area contributed by atoms with Gasteiger partial charge in [-0.15, -0.1) is 0 Å². The summed E-state index contributed by atoms with van der Waals surface area (Å²) < 4.78 is 5.53. The molecule has 3 heteroatoms. The summed E-state index contributed by atoms with van der Waals surface area (Å²) >= 11 is 0. The van der Waals surface area contributed by atoms with Gasteiger partial charge in [-0.25, -0.2) is 0 Å². The predicted octanol–water partition coefficient (Wildman–Crippen LogP) is 3.87. The number of ether oxygens (including phenoxy) is 1. The molecule has 0 aliphatic carbocycles. The van der Waals surface area contributed by atoms with Crippen molar-refractivity contribution in [3.63, 3.8) is 0 Å². The van der Waals surface area contributed by atoms with E-state index >= 15 is 0 Å². The Bertz CT molecular complexity index is 371. The van der Waals surface area contributed by atoms with Gasteiger partial charge in [0.1, 0.15) is 12.0 Å². The van der Waals surface area contributed by atoms with Crippen LogP contribution in [0.5, 0.6) is 5.75 Å². The largest absolute Gasteiger partial charge is 0.493 e. The molecule has 0 radical (unpaired) electrons. The highest BCUT2D eigenvalue weighted by Crippen LogP contribution is 2.11. The minimum atomic E-state index is 0.533. The Hall–Kier alpha value is -1.64. The lowest BCUT2D eigenvalue weighted by molar-refractivity contribution is 0.112. The van der Waals surface area contributed by atoms with Gasteiger partial charge in [0.2, 0.25) is 0 Å². The molecule has 0 fully saturated rings. The zero-order valence-electron chi connectivity index (χ0n) is 10.9. The van der Waals surface area contributed by atoms with Gasteiger partial charge in [-0.05, 0) is 37.1 Å². The van der Waals surface area contributed by atoms with E-state index in [0.717, 1.165) is 30.6 Å². The Balaban J connectivity index is 2.20. The Morgan fingerprint density at radius 1 is 1.22 bits per heavy atom. The third kappa shape index (κ3) is 5.62. The van der Waals surface area contributed by atoms with Crippen LogP contribution < -0.4 is 4.74 Å². The molecule has 0 saturated heterocycles. The Labute approximate surface area is 109 Å². The molecule has 0 aromatic heterocycles. The number of rotatable bonds is 9. The molecule has 0 bridgehead atoms. The van der Waals surface area contributed by atoms with E-state index in [1.165, 1.54) is 12.8 Å². The van der Waals surface area contributed by atoms with E-state index in [-0.39, 0.29) is 0 Å². The fourth-order valence-electron chi connectivity index (χ4n) is 1.65. The number of unbranched alkanes of at least 4 members (excludes halogenated alkanes) is 2. The number of nitrogens with one attached hydrogen (secondary N) is 1. The van der Waals surface area contributed by atoms with Crippen LogP contribution in [0, 0.1) is 5.41 Å². The topological polar surface area (TPSA) is 50.1 Å². The van der Waals surface area contributed by atoms with Gasteiger partial charge in [-0.3, -0.25) is 4.79 Å². The molecule has 98 valence electrons. The number of hydrogen-bond donors (Lipinski definition) is 1. The molecule has 1 aromatic rings. The lowest BCUT2D eigenvalue weighted by atomic mass is 10.1. The Kier molecular flexibility index (Phi) is 6.77. The van der Waals surface area contributed by atoms with Crippen LogP contribution in [0.25, 0.3) is 0 Å². The van der Waals surface area contributed by atoms with Gasteiger partial charge in [0.25, 0.3) is 0 Å². The summed E-state index contributed by atoms with van der Waals surface area (Å²) in [6.07, 6.45) is 5.85. The molecule has 0 saturated carbocycles. The summed E-state index contributed by atoms with van der Waals surface area (Å²) in [5.41, 5.74) is 1.41. The van der Waals surface area contributed by atoms with Crippen LogP contribution in [0.3, 0.4) is 0 Å². The van der Waals surface area contributed by atoms with Crippen molar-refractivity contribution in [2.24, 2.45) is 0 Å². The van der Waals surface area contributed by atoms with Gasteiger partial charge in [-0.1, -0.05) is 19.8 Å². The molecular weight excluding hydrogens is 226 g/mol. The molecule has 0 heterocycles. The fourth-order valence-corrected chi connectivity index (χ4v) is 1.65. The van der Waals surface area contributed by atoms with Crippen molar-refractivity contribution in [2.75, 3.05) is 6.61 Å². The second kappa shape index (κ2) is 8.45. The summed E-state index contributed by atoms with van der Waals surface area (Å²) in [5.74, 6) is 0.752. The molecule has 0 spiro atoms. The zero-order valence-corrected chi connectivity index (χ0v) is 10.9. The van der Waals surface area contributed by atoms with E-state index in [9.17, 15) is 4.79 Å². The summed E-state index contributed by atoms with van der Waals surface area (Å²) in [5, 5.41) is 7.77. The van der Waals surface area contributed by atoms with Crippen molar-refractivity contribution in [1.29, 1.82) is 5.41 Å². The Morgan fingerprint density at radius 2 is 1.94 bits per heavy atom. The maximum atomic E-state index is 10.5. The number of hydrogen-bond acceptors (Lipinski definition) is 3. The van der Waals surface area contributed by atoms with Gasteiger partial charge in [0.15, 0.2) is 0 Å². The minimum Gasteiger partial charge on any atom is -0.493 e. The second-order valence-electron chi connectivity index (χ2n) is 4.35. The molecule has 1 N–H and O–H groups in total. The van der Waals surface area contributed by atoms with Gasteiger partial charge < -0.3 is 10.1 Å².